The van der Waals surface area contributed by atoms with Crippen molar-refractivity contribution in [1.29, 1.82) is 0 Å². The van der Waals surface area contributed by atoms with Crippen LogP contribution in [0.15, 0.2) is 0 Å². The first kappa shape index (κ1) is 9.82. The first-order valence-corrected chi connectivity index (χ1v) is 3.32. The molecule has 0 aliphatic carbocycles. The number of alkyl halides is 2. The summed E-state index contributed by atoms with van der Waals surface area (Å²) >= 11 is 0. The van der Waals surface area contributed by atoms with Crippen molar-refractivity contribution in [2.45, 2.75) is 32.2 Å². The van der Waals surface area contributed by atoms with Crippen LogP contribution in [0.3, 0.4) is 0 Å². The molecule has 0 heterocycles. The van der Waals surface area contributed by atoms with Crippen molar-refractivity contribution in [2.24, 2.45) is 0 Å². The van der Waals surface area contributed by atoms with Gasteiger partial charge in [0.2, 0.25) is 6.43 Å². The summed E-state index contributed by atoms with van der Waals surface area (Å²) in [5.74, 6) is 0. The third kappa shape index (κ3) is 3.11. The molecule has 0 bridgehead atoms. The second-order valence-electron chi connectivity index (χ2n) is 3.30. The number of nitrogens with zero attached hydrogens (tertiary/aromatic N) is 1. The SMILES string of the molecule is CN(C)C(C)(C)CC(F)F. The molecular formula is C7H15F2N. The molecule has 0 aliphatic rings. The molecule has 0 aliphatic heterocycles. The van der Waals surface area contributed by atoms with Crippen molar-refractivity contribution in [3.05, 3.63) is 0 Å². The number of rotatable bonds is 3. The molecule has 0 spiro atoms. The Labute approximate surface area is 61.0 Å². The van der Waals surface area contributed by atoms with Gasteiger partial charge in [0.25, 0.3) is 0 Å². The van der Waals surface area contributed by atoms with Crippen molar-refractivity contribution in [3.63, 3.8) is 0 Å². The Morgan fingerprint density at radius 3 is 1.80 bits per heavy atom. The summed E-state index contributed by atoms with van der Waals surface area (Å²) < 4.78 is 23.7. The van der Waals surface area contributed by atoms with Gasteiger partial charge in [-0.25, -0.2) is 8.78 Å². The molecule has 0 radical (unpaired) electrons. The largest absolute Gasteiger partial charge is 0.304 e. The fourth-order valence-electron chi connectivity index (χ4n) is 0.560. The zero-order chi connectivity index (χ0) is 8.36. The predicted octanol–water partition coefficient (Wildman–Crippen LogP) is 1.98. The van der Waals surface area contributed by atoms with Crippen molar-refractivity contribution in [3.8, 4) is 0 Å². The number of halogens is 2. The Balaban J connectivity index is 3.87. The lowest BCUT2D eigenvalue weighted by atomic mass is 10.00. The summed E-state index contributed by atoms with van der Waals surface area (Å²) in [5.41, 5.74) is -0.395. The summed E-state index contributed by atoms with van der Waals surface area (Å²) in [4.78, 5) is 1.80. The molecule has 0 fully saturated rings. The van der Waals surface area contributed by atoms with Gasteiger partial charge in [-0.1, -0.05) is 0 Å². The van der Waals surface area contributed by atoms with E-state index in [4.69, 9.17) is 0 Å². The van der Waals surface area contributed by atoms with Crippen molar-refractivity contribution >= 4 is 0 Å². The highest BCUT2D eigenvalue weighted by Crippen LogP contribution is 2.19. The molecular weight excluding hydrogens is 136 g/mol. The zero-order valence-corrected chi connectivity index (χ0v) is 6.99. The molecule has 0 amide bonds. The average molecular weight is 151 g/mol. The van der Waals surface area contributed by atoms with Gasteiger partial charge >= 0.3 is 0 Å². The Morgan fingerprint density at radius 1 is 1.30 bits per heavy atom. The second-order valence-corrected chi connectivity index (χ2v) is 3.30. The van der Waals surface area contributed by atoms with Gasteiger partial charge < -0.3 is 4.90 Å². The molecule has 1 nitrogen and oxygen atoms in total. The molecule has 0 saturated carbocycles. The predicted molar refractivity (Wildman–Crippen MR) is 38.4 cm³/mol. The lowest BCUT2D eigenvalue weighted by Crippen LogP contribution is -2.39. The van der Waals surface area contributed by atoms with Crippen LogP contribution < -0.4 is 0 Å². The maximum Gasteiger partial charge on any atom is 0.240 e. The van der Waals surface area contributed by atoms with Gasteiger partial charge in [-0.2, -0.15) is 0 Å². The van der Waals surface area contributed by atoms with Gasteiger partial charge in [0.05, 0.1) is 0 Å². The summed E-state index contributed by atoms with van der Waals surface area (Å²) in [6, 6.07) is 0. The molecule has 0 atom stereocenters. The van der Waals surface area contributed by atoms with E-state index in [1.165, 1.54) is 0 Å². The smallest absolute Gasteiger partial charge is 0.240 e. The zero-order valence-electron chi connectivity index (χ0n) is 6.99. The summed E-state index contributed by atoms with van der Waals surface area (Å²) in [5, 5.41) is 0. The quantitative estimate of drug-likeness (QED) is 0.596. The van der Waals surface area contributed by atoms with Crippen LogP contribution in [0.1, 0.15) is 20.3 Å². The van der Waals surface area contributed by atoms with E-state index in [1.807, 2.05) is 14.1 Å². The first-order valence-electron chi connectivity index (χ1n) is 3.32. The molecule has 3 heteroatoms. The van der Waals surface area contributed by atoms with E-state index >= 15 is 0 Å². The molecule has 0 aromatic rings. The fourth-order valence-corrected chi connectivity index (χ4v) is 0.560. The van der Waals surface area contributed by atoms with Crippen LogP contribution in [0.2, 0.25) is 0 Å². The molecule has 0 unspecified atom stereocenters. The second kappa shape index (κ2) is 3.28. The Kier molecular flexibility index (Phi) is 3.22. The van der Waals surface area contributed by atoms with Gasteiger partial charge in [-0.05, 0) is 27.9 Å². The highest BCUT2D eigenvalue weighted by molar-refractivity contribution is 4.77. The van der Waals surface area contributed by atoms with Crippen molar-refractivity contribution in [1.82, 2.24) is 4.90 Å². The van der Waals surface area contributed by atoms with Gasteiger partial charge in [-0.15, -0.1) is 0 Å². The topological polar surface area (TPSA) is 3.24 Å². The van der Waals surface area contributed by atoms with Crippen LogP contribution >= 0.6 is 0 Å². The molecule has 62 valence electrons. The maximum atomic E-state index is 11.9. The van der Waals surface area contributed by atoms with Gasteiger partial charge in [0.15, 0.2) is 0 Å². The summed E-state index contributed by atoms with van der Waals surface area (Å²) in [6.45, 7) is 3.61. The third-order valence-electron chi connectivity index (χ3n) is 1.86. The van der Waals surface area contributed by atoms with Gasteiger partial charge in [-0.3, -0.25) is 0 Å². The number of hydrogen-bond acceptors (Lipinski definition) is 1. The Bertz CT molecular complexity index is 99.8. The van der Waals surface area contributed by atoms with Crippen LogP contribution in [0.25, 0.3) is 0 Å². The van der Waals surface area contributed by atoms with Gasteiger partial charge in [0.1, 0.15) is 0 Å². The molecule has 0 rings (SSSR count). The minimum Gasteiger partial charge on any atom is -0.304 e. The van der Waals surface area contributed by atoms with Crippen LogP contribution in [-0.2, 0) is 0 Å². The van der Waals surface area contributed by atoms with E-state index in [0.29, 0.717) is 0 Å². The standard InChI is InChI=1S/C7H15F2N/c1-7(2,10(3)4)5-6(8)9/h6H,5H2,1-4H3. The van der Waals surface area contributed by atoms with E-state index in [-0.39, 0.29) is 6.42 Å². The average Bonchev–Trinajstić information content (AvgIpc) is 1.60. The highest BCUT2D eigenvalue weighted by atomic mass is 19.3. The fraction of sp³-hybridized carbons (Fsp3) is 1.00. The first-order chi connectivity index (χ1) is 4.36. The van der Waals surface area contributed by atoms with E-state index in [0.717, 1.165) is 0 Å². The highest BCUT2D eigenvalue weighted by Gasteiger charge is 2.24. The van der Waals surface area contributed by atoms with E-state index in [2.05, 4.69) is 0 Å². The number of hydrogen-bond donors (Lipinski definition) is 0. The molecule has 0 N–H and O–H groups in total. The van der Waals surface area contributed by atoms with Crippen LogP contribution in [0, 0.1) is 0 Å². The monoisotopic (exact) mass is 151 g/mol. The van der Waals surface area contributed by atoms with E-state index < -0.39 is 12.0 Å². The lowest BCUT2D eigenvalue weighted by molar-refractivity contribution is 0.0621. The Hall–Kier alpha value is -0.180. The van der Waals surface area contributed by atoms with Gasteiger partial charge in [0, 0.05) is 12.0 Å². The van der Waals surface area contributed by atoms with Crippen LogP contribution in [-0.4, -0.2) is 31.0 Å². The minimum absolute atomic E-state index is 0.0694. The Morgan fingerprint density at radius 2 is 1.70 bits per heavy atom. The van der Waals surface area contributed by atoms with Crippen LogP contribution in [0.4, 0.5) is 8.78 Å². The maximum absolute atomic E-state index is 11.9. The summed E-state index contributed by atoms with van der Waals surface area (Å²) in [7, 11) is 3.62. The molecule has 10 heavy (non-hydrogen) atoms. The molecule has 0 saturated heterocycles. The van der Waals surface area contributed by atoms with Crippen molar-refractivity contribution < 1.29 is 8.78 Å². The molecule has 0 aromatic carbocycles. The van der Waals surface area contributed by atoms with E-state index in [1.54, 1.807) is 18.7 Å². The van der Waals surface area contributed by atoms with E-state index in [9.17, 15) is 8.78 Å². The molecule has 0 aromatic heterocycles. The minimum atomic E-state index is -2.21. The normalized spacial score (nSPS) is 13.2. The third-order valence-corrected chi connectivity index (χ3v) is 1.86. The van der Waals surface area contributed by atoms with Crippen molar-refractivity contribution in [2.75, 3.05) is 14.1 Å². The van der Waals surface area contributed by atoms with Crippen LogP contribution in [0.5, 0.6) is 0 Å². The lowest BCUT2D eigenvalue weighted by Gasteiger charge is -2.32. The summed E-state index contributed by atoms with van der Waals surface area (Å²) in [6.07, 6.45) is -2.28.